The number of hydrogen-bond acceptors (Lipinski definition) is 4. The molecule has 26 heavy (non-hydrogen) atoms. The molecule has 2 amide bonds. The minimum Gasteiger partial charge on any atom is -0.493 e. The lowest BCUT2D eigenvalue weighted by Gasteiger charge is -2.23. The molecule has 142 valence electrons. The number of para-hydroxylation sites is 1. The third-order valence-electron chi connectivity index (χ3n) is 5.47. The van der Waals surface area contributed by atoms with Gasteiger partial charge in [-0.05, 0) is 30.9 Å². The van der Waals surface area contributed by atoms with Crippen LogP contribution in [0.4, 0.5) is 0 Å². The van der Waals surface area contributed by atoms with E-state index in [0.717, 1.165) is 18.4 Å². The highest BCUT2D eigenvalue weighted by Gasteiger charge is 2.38. The Kier molecular flexibility index (Phi) is 6.01. The SMILES string of the molecule is COc1cccc(CCNC(=O)C2CC(=O)N(C3CCCC3)C2)c1OC. The molecular formula is C20H28N2O4. The monoisotopic (exact) mass is 360 g/mol. The number of nitrogens with one attached hydrogen (secondary N) is 1. The van der Waals surface area contributed by atoms with Gasteiger partial charge in [-0.3, -0.25) is 9.59 Å². The Morgan fingerprint density at radius 2 is 2.00 bits per heavy atom. The van der Waals surface area contributed by atoms with E-state index in [0.29, 0.717) is 43.5 Å². The quantitative estimate of drug-likeness (QED) is 0.809. The molecule has 1 saturated heterocycles. The van der Waals surface area contributed by atoms with Crippen molar-refractivity contribution in [3.8, 4) is 11.5 Å². The first-order valence-corrected chi connectivity index (χ1v) is 9.41. The fourth-order valence-corrected chi connectivity index (χ4v) is 4.09. The number of likely N-dealkylation sites (tertiary alicyclic amines) is 1. The van der Waals surface area contributed by atoms with Crippen molar-refractivity contribution in [2.75, 3.05) is 27.3 Å². The van der Waals surface area contributed by atoms with Crippen molar-refractivity contribution in [3.63, 3.8) is 0 Å². The predicted molar refractivity (Wildman–Crippen MR) is 98.3 cm³/mol. The Hall–Kier alpha value is -2.24. The number of rotatable bonds is 7. The van der Waals surface area contributed by atoms with Crippen LogP contribution in [0.3, 0.4) is 0 Å². The summed E-state index contributed by atoms with van der Waals surface area (Å²) in [5.41, 5.74) is 0.988. The number of amides is 2. The number of carbonyl (C=O) groups excluding carboxylic acids is 2. The van der Waals surface area contributed by atoms with Gasteiger partial charge in [0.2, 0.25) is 11.8 Å². The van der Waals surface area contributed by atoms with E-state index >= 15 is 0 Å². The molecule has 1 unspecified atom stereocenters. The predicted octanol–water partition coefficient (Wildman–Crippen LogP) is 2.15. The Morgan fingerprint density at radius 1 is 1.23 bits per heavy atom. The standard InChI is InChI=1S/C20H28N2O4/c1-25-17-9-5-6-14(19(17)26-2)10-11-21-20(24)15-12-18(23)22(13-15)16-7-3-4-8-16/h5-6,9,15-16H,3-4,7-8,10-13H2,1-2H3,(H,21,24). The molecule has 1 aromatic rings. The van der Waals surface area contributed by atoms with E-state index in [1.165, 1.54) is 12.8 Å². The van der Waals surface area contributed by atoms with Crippen molar-refractivity contribution < 1.29 is 19.1 Å². The molecule has 0 spiro atoms. The summed E-state index contributed by atoms with van der Waals surface area (Å²) >= 11 is 0. The van der Waals surface area contributed by atoms with Gasteiger partial charge in [-0.1, -0.05) is 25.0 Å². The van der Waals surface area contributed by atoms with Crippen molar-refractivity contribution in [3.05, 3.63) is 23.8 Å². The van der Waals surface area contributed by atoms with E-state index in [9.17, 15) is 9.59 Å². The Morgan fingerprint density at radius 3 is 2.69 bits per heavy atom. The highest BCUT2D eigenvalue weighted by Crippen LogP contribution is 2.31. The summed E-state index contributed by atoms with van der Waals surface area (Å²) in [6.45, 7) is 1.08. The summed E-state index contributed by atoms with van der Waals surface area (Å²) in [4.78, 5) is 26.6. The first-order valence-electron chi connectivity index (χ1n) is 9.41. The van der Waals surface area contributed by atoms with Crippen LogP contribution >= 0.6 is 0 Å². The van der Waals surface area contributed by atoms with Crippen LogP contribution in [0.15, 0.2) is 18.2 Å². The van der Waals surface area contributed by atoms with Crippen LogP contribution < -0.4 is 14.8 Å². The summed E-state index contributed by atoms with van der Waals surface area (Å²) in [6, 6.07) is 6.08. The third-order valence-corrected chi connectivity index (χ3v) is 5.47. The maximum absolute atomic E-state index is 12.5. The number of benzene rings is 1. The Labute approximate surface area is 154 Å². The average Bonchev–Trinajstić information content (AvgIpc) is 3.30. The van der Waals surface area contributed by atoms with Crippen molar-refractivity contribution in [2.24, 2.45) is 5.92 Å². The maximum Gasteiger partial charge on any atom is 0.225 e. The zero-order valence-electron chi connectivity index (χ0n) is 15.6. The summed E-state index contributed by atoms with van der Waals surface area (Å²) in [5, 5.41) is 2.98. The van der Waals surface area contributed by atoms with Crippen LogP contribution in [-0.2, 0) is 16.0 Å². The van der Waals surface area contributed by atoms with E-state index in [1.54, 1.807) is 14.2 Å². The first-order chi connectivity index (χ1) is 12.6. The van der Waals surface area contributed by atoms with Crippen molar-refractivity contribution >= 4 is 11.8 Å². The molecule has 0 aromatic heterocycles. The maximum atomic E-state index is 12.5. The van der Waals surface area contributed by atoms with Crippen LogP contribution in [0.5, 0.6) is 11.5 Å². The lowest BCUT2D eigenvalue weighted by molar-refractivity contribution is -0.130. The van der Waals surface area contributed by atoms with E-state index in [2.05, 4.69) is 5.32 Å². The summed E-state index contributed by atoms with van der Waals surface area (Å²) in [7, 11) is 3.22. The molecule has 2 fully saturated rings. The summed E-state index contributed by atoms with van der Waals surface area (Å²) in [6.07, 6.45) is 5.52. The molecular weight excluding hydrogens is 332 g/mol. The molecule has 2 aliphatic rings. The van der Waals surface area contributed by atoms with Gasteiger partial charge in [-0.2, -0.15) is 0 Å². The Balaban J connectivity index is 1.51. The van der Waals surface area contributed by atoms with Crippen LogP contribution in [0.2, 0.25) is 0 Å². The smallest absolute Gasteiger partial charge is 0.225 e. The third kappa shape index (κ3) is 3.94. The number of methoxy groups -OCH3 is 2. The highest BCUT2D eigenvalue weighted by molar-refractivity contribution is 5.89. The van der Waals surface area contributed by atoms with Gasteiger partial charge < -0.3 is 19.7 Å². The molecule has 1 aromatic carbocycles. The molecule has 1 atom stereocenters. The van der Waals surface area contributed by atoms with Crippen LogP contribution in [0.25, 0.3) is 0 Å². The van der Waals surface area contributed by atoms with Crippen LogP contribution in [0, 0.1) is 5.92 Å². The molecule has 3 rings (SSSR count). The number of ether oxygens (including phenoxy) is 2. The molecule has 6 nitrogen and oxygen atoms in total. The minimum absolute atomic E-state index is 0.0271. The second-order valence-electron chi connectivity index (χ2n) is 7.08. The van der Waals surface area contributed by atoms with E-state index < -0.39 is 0 Å². The lowest BCUT2D eigenvalue weighted by Crippen LogP contribution is -2.37. The van der Waals surface area contributed by atoms with E-state index in [-0.39, 0.29) is 17.7 Å². The van der Waals surface area contributed by atoms with E-state index in [1.807, 2.05) is 23.1 Å². The highest BCUT2D eigenvalue weighted by atomic mass is 16.5. The number of carbonyl (C=O) groups is 2. The molecule has 1 N–H and O–H groups in total. The largest absolute Gasteiger partial charge is 0.493 e. The van der Waals surface area contributed by atoms with Crippen LogP contribution in [-0.4, -0.2) is 50.1 Å². The molecule has 1 saturated carbocycles. The number of hydrogen-bond donors (Lipinski definition) is 1. The molecule has 0 bridgehead atoms. The topological polar surface area (TPSA) is 67.9 Å². The number of nitrogens with zero attached hydrogens (tertiary/aromatic N) is 1. The second kappa shape index (κ2) is 8.43. The van der Waals surface area contributed by atoms with Crippen molar-refractivity contribution in [2.45, 2.75) is 44.6 Å². The minimum atomic E-state index is -0.227. The summed E-state index contributed by atoms with van der Waals surface area (Å²) < 4.78 is 10.7. The van der Waals surface area contributed by atoms with Gasteiger partial charge in [0.05, 0.1) is 20.1 Å². The van der Waals surface area contributed by atoms with Gasteiger partial charge in [0.15, 0.2) is 11.5 Å². The zero-order chi connectivity index (χ0) is 18.5. The van der Waals surface area contributed by atoms with E-state index in [4.69, 9.17) is 9.47 Å². The summed E-state index contributed by atoms with van der Waals surface area (Å²) in [5.74, 6) is 1.26. The van der Waals surface area contributed by atoms with Gasteiger partial charge >= 0.3 is 0 Å². The zero-order valence-corrected chi connectivity index (χ0v) is 15.6. The van der Waals surface area contributed by atoms with Crippen molar-refractivity contribution in [1.29, 1.82) is 0 Å². The van der Waals surface area contributed by atoms with Gasteiger partial charge in [0.1, 0.15) is 0 Å². The molecule has 1 aliphatic heterocycles. The fraction of sp³-hybridized carbons (Fsp3) is 0.600. The van der Waals surface area contributed by atoms with Crippen molar-refractivity contribution in [1.82, 2.24) is 10.2 Å². The molecule has 1 heterocycles. The van der Waals surface area contributed by atoms with Gasteiger partial charge in [-0.15, -0.1) is 0 Å². The Bertz CT molecular complexity index is 655. The van der Waals surface area contributed by atoms with Gasteiger partial charge in [0.25, 0.3) is 0 Å². The molecule has 1 aliphatic carbocycles. The molecule has 0 radical (unpaired) electrons. The first kappa shape index (κ1) is 18.5. The average molecular weight is 360 g/mol. The lowest BCUT2D eigenvalue weighted by atomic mass is 10.1. The van der Waals surface area contributed by atoms with Gasteiger partial charge in [-0.25, -0.2) is 0 Å². The normalized spacial score (nSPS) is 20.5. The second-order valence-corrected chi connectivity index (χ2v) is 7.08. The van der Waals surface area contributed by atoms with Gasteiger partial charge in [0, 0.05) is 25.6 Å². The molecule has 6 heteroatoms. The van der Waals surface area contributed by atoms with Crippen LogP contribution in [0.1, 0.15) is 37.7 Å². The fourth-order valence-electron chi connectivity index (χ4n) is 4.09.